The summed E-state index contributed by atoms with van der Waals surface area (Å²) in [6.07, 6.45) is 2.26. The summed E-state index contributed by atoms with van der Waals surface area (Å²) in [5, 5.41) is 3.12. The highest BCUT2D eigenvalue weighted by Crippen LogP contribution is 2.18. The van der Waals surface area contributed by atoms with Crippen molar-refractivity contribution in [1.82, 2.24) is 5.32 Å². The van der Waals surface area contributed by atoms with Crippen molar-refractivity contribution in [2.24, 2.45) is 5.73 Å². The van der Waals surface area contributed by atoms with Crippen LogP contribution in [-0.2, 0) is 6.42 Å². The fraction of sp³-hybridized carbons (Fsp3) is 0.538. The number of nitrogens with one attached hydrogen (secondary N) is 1. The molecule has 0 aliphatic heterocycles. The van der Waals surface area contributed by atoms with Crippen molar-refractivity contribution in [3.05, 3.63) is 35.4 Å². The van der Waals surface area contributed by atoms with Crippen molar-refractivity contribution in [3.8, 4) is 0 Å². The number of rotatable bonds is 6. The van der Waals surface area contributed by atoms with Crippen LogP contribution in [0.1, 0.15) is 37.3 Å². The lowest BCUT2D eigenvalue weighted by atomic mass is 9.97. The zero-order chi connectivity index (χ0) is 11.1. The normalized spacial score (nSPS) is 12.7. The van der Waals surface area contributed by atoms with Crippen LogP contribution in [-0.4, -0.2) is 13.2 Å². The maximum Gasteiger partial charge on any atom is 0.0428 e. The van der Waals surface area contributed by atoms with Gasteiger partial charge in [-0.1, -0.05) is 38.1 Å². The lowest BCUT2D eigenvalue weighted by Crippen LogP contribution is -2.24. The Bertz CT molecular complexity index is 266. The monoisotopic (exact) mass is 206 g/mol. The maximum atomic E-state index is 5.36. The van der Waals surface area contributed by atoms with Gasteiger partial charge in [-0.15, -0.1) is 0 Å². The van der Waals surface area contributed by atoms with E-state index in [1.54, 1.807) is 0 Å². The largest absolute Gasteiger partial charge is 0.318 e. The molecule has 2 heteroatoms. The van der Waals surface area contributed by atoms with Crippen molar-refractivity contribution >= 4 is 0 Å². The molecule has 0 heterocycles. The van der Waals surface area contributed by atoms with Crippen molar-refractivity contribution in [1.29, 1.82) is 0 Å². The highest BCUT2D eigenvalue weighted by Gasteiger charge is 2.01. The third-order valence-corrected chi connectivity index (χ3v) is 2.90. The Morgan fingerprint density at radius 2 is 1.93 bits per heavy atom. The van der Waals surface area contributed by atoms with Gasteiger partial charge in [0.15, 0.2) is 0 Å². The smallest absolute Gasteiger partial charge is 0.0428 e. The van der Waals surface area contributed by atoms with Gasteiger partial charge in [-0.2, -0.15) is 0 Å². The lowest BCUT2D eigenvalue weighted by Gasteiger charge is -2.09. The Labute approximate surface area is 92.9 Å². The Kier molecular flexibility index (Phi) is 5.37. The zero-order valence-corrected chi connectivity index (χ0v) is 9.79. The van der Waals surface area contributed by atoms with Gasteiger partial charge in [0.25, 0.3) is 0 Å². The second kappa shape index (κ2) is 6.59. The molecule has 0 spiro atoms. The van der Waals surface area contributed by atoms with E-state index in [1.165, 1.54) is 17.5 Å². The van der Waals surface area contributed by atoms with Crippen LogP contribution in [0.2, 0.25) is 0 Å². The Hall–Kier alpha value is -0.860. The topological polar surface area (TPSA) is 38.0 Å². The van der Waals surface area contributed by atoms with Gasteiger partial charge in [-0.3, -0.25) is 0 Å². The molecule has 15 heavy (non-hydrogen) atoms. The van der Waals surface area contributed by atoms with Crippen LogP contribution >= 0.6 is 0 Å². The van der Waals surface area contributed by atoms with Gasteiger partial charge in [-0.05, 0) is 29.9 Å². The SMILES string of the molecule is CCC(C)c1ccc(CCNCN)cc1. The zero-order valence-electron chi connectivity index (χ0n) is 9.79. The molecule has 0 aliphatic carbocycles. The first-order chi connectivity index (χ1) is 7.27. The maximum absolute atomic E-state index is 5.36. The highest BCUT2D eigenvalue weighted by molar-refractivity contribution is 5.25. The molecule has 0 saturated heterocycles. The van der Waals surface area contributed by atoms with Crippen molar-refractivity contribution in [2.75, 3.05) is 13.2 Å². The lowest BCUT2D eigenvalue weighted by molar-refractivity contribution is 0.699. The number of hydrogen-bond acceptors (Lipinski definition) is 2. The van der Waals surface area contributed by atoms with E-state index in [4.69, 9.17) is 5.73 Å². The molecule has 0 saturated carbocycles. The molecule has 2 nitrogen and oxygen atoms in total. The Morgan fingerprint density at radius 1 is 1.27 bits per heavy atom. The first kappa shape index (κ1) is 12.2. The third kappa shape index (κ3) is 4.02. The molecule has 1 rings (SSSR count). The highest BCUT2D eigenvalue weighted by atomic mass is 14.9. The summed E-state index contributed by atoms with van der Waals surface area (Å²) in [6.45, 7) is 6.01. The van der Waals surface area contributed by atoms with Crippen molar-refractivity contribution in [2.45, 2.75) is 32.6 Å². The van der Waals surface area contributed by atoms with Crippen LogP contribution in [0.5, 0.6) is 0 Å². The minimum atomic E-state index is 0.560. The van der Waals surface area contributed by atoms with Crippen molar-refractivity contribution in [3.63, 3.8) is 0 Å². The molecule has 1 aromatic rings. The van der Waals surface area contributed by atoms with Gasteiger partial charge >= 0.3 is 0 Å². The molecule has 1 atom stereocenters. The molecule has 0 bridgehead atoms. The van der Waals surface area contributed by atoms with E-state index in [0.29, 0.717) is 12.6 Å². The van der Waals surface area contributed by atoms with Gasteiger partial charge in [0, 0.05) is 13.2 Å². The fourth-order valence-corrected chi connectivity index (χ4v) is 1.58. The summed E-state index contributed by atoms with van der Waals surface area (Å²) in [5.74, 6) is 0.668. The van der Waals surface area contributed by atoms with E-state index < -0.39 is 0 Å². The summed E-state index contributed by atoms with van der Waals surface area (Å²) < 4.78 is 0. The Morgan fingerprint density at radius 3 is 2.47 bits per heavy atom. The first-order valence-corrected chi connectivity index (χ1v) is 5.77. The van der Waals surface area contributed by atoms with Crippen LogP contribution in [0.4, 0.5) is 0 Å². The van der Waals surface area contributed by atoms with Gasteiger partial charge < -0.3 is 11.1 Å². The van der Waals surface area contributed by atoms with Crippen molar-refractivity contribution < 1.29 is 0 Å². The van der Waals surface area contributed by atoms with E-state index in [9.17, 15) is 0 Å². The summed E-state index contributed by atoms with van der Waals surface area (Å²) in [6, 6.07) is 8.93. The summed E-state index contributed by atoms with van der Waals surface area (Å²) >= 11 is 0. The average molecular weight is 206 g/mol. The third-order valence-electron chi connectivity index (χ3n) is 2.90. The summed E-state index contributed by atoms with van der Waals surface area (Å²) in [4.78, 5) is 0. The average Bonchev–Trinajstić information content (AvgIpc) is 2.29. The second-order valence-electron chi connectivity index (χ2n) is 4.01. The van der Waals surface area contributed by atoms with E-state index >= 15 is 0 Å². The summed E-state index contributed by atoms with van der Waals surface area (Å²) in [5.41, 5.74) is 8.18. The van der Waals surface area contributed by atoms with Gasteiger partial charge in [0.05, 0.1) is 0 Å². The van der Waals surface area contributed by atoms with E-state index in [0.717, 1.165) is 13.0 Å². The molecule has 1 aromatic carbocycles. The van der Waals surface area contributed by atoms with Crippen LogP contribution in [0, 0.1) is 0 Å². The van der Waals surface area contributed by atoms with Gasteiger partial charge in [-0.25, -0.2) is 0 Å². The van der Waals surface area contributed by atoms with Crippen LogP contribution in [0.3, 0.4) is 0 Å². The molecular formula is C13H22N2. The second-order valence-corrected chi connectivity index (χ2v) is 4.01. The van der Waals surface area contributed by atoms with E-state index in [2.05, 4.69) is 43.4 Å². The minimum absolute atomic E-state index is 0.560. The molecule has 0 radical (unpaired) electrons. The van der Waals surface area contributed by atoms with E-state index in [1.807, 2.05) is 0 Å². The predicted octanol–water partition coefficient (Wildman–Crippen LogP) is 2.25. The molecule has 0 amide bonds. The van der Waals surface area contributed by atoms with Crippen LogP contribution < -0.4 is 11.1 Å². The predicted molar refractivity (Wildman–Crippen MR) is 65.9 cm³/mol. The molecule has 0 aliphatic rings. The minimum Gasteiger partial charge on any atom is -0.318 e. The number of hydrogen-bond donors (Lipinski definition) is 2. The Balaban J connectivity index is 2.49. The standard InChI is InChI=1S/C13H22N2/c1-3-11(2)13-6-4-12(5-7-13)8-9-15-10-14/h4-7,11,15H,3,8-10,14H2,1-2H3. The molecule has 84 valence electrons. The summed E-state index contributed by atoms with van der Waals surface area (Å²) in [7, 11) is 0. The molecule has 0 fully saturated rings. The van der Waals surface area contributed by atoms with Crippen LogP contribution in [0.15, 0.2) is 24.3 Å². The molecular weight excluding hydrogens is 184 g/mol. The van der Waals surface area contributed by atoms with Gasteiger partial charge in [0.1, 0.15) is 0 Å². The molecule has 0 aromatic heterocycles. The quantitative estimate of drug-likeness (QED) is 0.553. The number of benzene rings is 1. The van der Waals surface area contributed by atoms with Crippen LogP contribution in [0.25, 0.3) is 0 Å². The fourth-order valence-electron chi connectivity index (χ4n) is 1.58. The molecule has 3 N–H and O–H groups in total. The van der Waals surface area contributed by atoms with Gasteiger partial charge in [0.2, 0.25) is 0 Å². The van der Waals surface area contributed by atoms with E-state index in [-0.39, 0.29) is 0 Å². The first-order valence-electron chi connectivity index (χ1n) is 5.77. The number of nitrogens with two attached hydrogens (primary N) is 1. The molecule has 1 unspecified atom stereocenters.